The number of nitrogen functional groups attached to an aromatic ring is 1. The van der Waals surface area contributed by atoms with Gasteiger partial charge in [-0.15, -0.1) is 0 Å². The molecule has 0 saturated carbocycles. The van der Waals surface area contributed by atoms with Crippen LogP contribution in [0.25, 0.3) is 11.2 Å². The Bertz CT molecular complexity index is 756. The van der Waals surface area contributed by atoms with E-state index in [2.05, 4.69) is 15.0 Å². The fourth-order valence-electron chi connectivity index (χ4n) is 2.04. The van der Waals surface area contributed by atoms with Gasteiger partial charge in [0.15, 0.2) is 17.0 Å². The standard InChI is InChI=1S/C13H12ClN5O/c1-20-13-16-9-10(15)17-12(14)18-11(9)19(13)7-8-5-3-2-4-6-8/h2-6H,7H2,1H3,(H2,15,17,18). The minimum atomic E-state index is 0.0897. The summed E-state index contributed by atoms with van der Waals surface area (Å²) in [4.78, 5) is 12.4. The Kier molecular flexibility index (Phi) is 3.15. The molecule has 0 saturated heterocycles. The van der Waals surface area contributed by atoms with E-state index >= 15 is 0 Å². The zero-order chi connectivity index (χ0) is 14.1. The van der Waals surface area contributed by atoms with Crippen LogP contribution >= 0.6 is 11.6 Å². The number of hydrogen-bond acceptors (Lipinski definition) is 5. The SMILES string of the molecule is COc1nc2c(N)nc(Cl)nc2n1Cc1ccccc1. The number of aromatic nitrogens is 4. The van der Waals surface area contributed by atoms with Crippen LogP contribution in [0.5, 0.6) is 6.01 Å². The minimum absolute atomic E-state index is 0.0897. The van der Waals surface area contributed by atoms with Crippen molar-refractivity contribution in [3.05, 3.63) is 41.2 Å². The van der Waals surface area contributed by atoms with E-state index in [4.69, 9.17) is 22.1 Å². The summed E-state index contributed by atoms with van der Waals surface area (Å²) in [6.45, 7) is 0.563. The molecule has 0 bridgehead atoms. The number of nitrogens with two attached hydrogens (primary N) is 1. The second-order valence-electron chi connectivity index (χ2n) is 4.22. The fourth-order valence-corrected chi connectivity index (χ4v) is 2.21. The number of ether oxygens (including phenoxy) is 1. The van der Waals surface area contributed by atoms with Gasteiger partial charge in [-0.1, -0.05) is 30.3 Å². The number of nitrogens with zero attached hydrogens (tertiary/aromatic N) is 4. The van der Waals surface area contributed by atoms with Gasteiger partial charge in [0, 0.05) is 0 Å². The highest BCUT2D eigenvalue weighted by molar-refractivity contribution is 6.28. The number of halogens is 1. The Morgan fingerprint density at radius 1 is 1.20 bits per heavy atom. The fraction of sp³-hybridized carbons (Fsp3) is 0.154. The highest BCUT2D eigenvalue weighted by Crippen LogP contribution is 2.25. The van der Waals surface area contributed by atoms with Gasteiger partial charge in [-0.2, -0.15) is 15.0 Å². The first-order chi connectivity index (χ1) is 9.69. The molecular weight excluding hydrogens is 278 g/mol. The van der Waals surface area contributed by atoms with E-state index in [0.717, 1.165) is 5.56 Å². The molecule has 7 heteroatoms. The van der Waals surface area contributed by atoms with Crippen molar-refractivity contribution in [2.24, 2.45) is 0 Å². The Morgan fingerprint density at radius 3 is 2.65 bits per heavy atom. The van der Waals surface area contributed by atoms with E-state index in [1.54, 1.807) is 7.11 Å². The smallest absolute Gasteiger partial charge is 0.298 e. The number of benzene rings is 1. The minimum Gasteiger partial charge on any atom is -0.468 e. The van der Waals surface area contributed by atoms with Gasteiger partial charge in [-0.25, -0.2) is 0 Å². The summed E-state index contributed by atoms with van der Waals surface area (Å²) in [6.07, 6.45) is 0. The van der Waals surface area contributed by atoms with Crippen molar-refractivity contribution >= 4 is 28.6 Å². The van der Waals surface area contributed by atoms with Crippen LogP contribution in [0.3, 0.4) is 0 Å². The highest BCUT2D eigenvalue weighted by atomic mass is 35.5. The summed E-state index contributed by atoms with van der Waals surface area (Å²) in [5, 5.41) is 0.0897. The summed E-state index contributed by atoms with van der Waals surface area (Å²) in [5.74, 6) is 0.241. The molecule has 1 aromatic carbocycles. The van der Waals surface area contributed by atoms with Gasteiger partial charge in [0.2, 0.25) is 5.28 Å². The third kappa shape index (κ3) is 2.14. The van der Waals surface area contributed by atoms with Gasteiger partial charge in [-0.3, -0.25) is 4.57 Å². The van der Waals surface area contributed by atoms with Crippen LogP contribution in [-0.4, -0.2) is 26.6 Å². The number of hydrogen-bond donors (Lipinski definition) is 1. The number of rotatable bonds is 3. The molecule has 0 amide bonds. The molecule has 3 aromatic rings. The lowest BCUT2D eigenvalue weighted by Crippen LogP contribution is -2.04. The molecule has 0 aliphatic carbocycles. The van der Waals surface area contributed by atoms with Crippen molar-refractivity contribution in [3.8, 4) is 6.01 Å². The van der Waals surface area contributed by atoms with Gasteiger partial charge >= 0.3 is 0 Å². The summed E-state index contributed by atoms with van der Waals surface area (Å²) in [6, 6.07) is 10.3. The topological polar surface area (TPSA) is 78.8 Å². The summed E-state index contributed by atoms with van der Waals surface area (Å²) >= 11 is 5.87. The first-order valence-electron chi connectivity index (χ1n) is 5.96. The molecule has 2 heterocycles. The third-order valence-corrected chi connectivity index (χ3v) is 3.09. The molecule has 0 atom stereocenters. The quantitative estimate of drug-likeness (QED) is 0.747. The molecule has 2 N–H and O–H groups in total. The van der Waals surface area contributed by atoms with E-state index in [0.29, 0.717) is 23.7 Å². The monoisotopic (exact) mass is 289 g/mol. The lowest BCUT2D eigenvalue weighted by atomic mass is 10.2. The van der Waals surface area contributed by atoms with Gasteiger partial charge in [-0.05, 0) is 17.2 Å². The molecule has 3 rings (SSSR count). The molecule has 20 heavy (non-hydrogen) atoms. The predicted molar refractivity (Wildman–Crippen MR) is 76.8 cm³/mol. The maximum Gasteiger partial charge on any atom is 0.298 e. The predicted octanol–water partition coefficient (Wildman–Crippen LogP) is 2.12. The normalized spacial score (nSPS) is 10.9. The molecule has 2 aromatic heterocycles. The number of anilines is 1. The molecule has 0 unspecified atom stereocenters. The molecule has 0 aliphatic heterocycles. The van der Waals surface area contributed by atoms with E-state index in [-0.39, 0.29) is 11.1 Å². The van der Waals surface area contributed by atoms with Crippen molar-refractivity contribution in [2.45, 2.75) is 6.54 Å². The maximum absolute atomic E-state index is 5.87. The maximum atomic E-state index is 5.87. The molecular formula is C13H12ClN5O. The molecule has 0 fully saturated rings. The lowest BCUT2D eigenvalue weighted by molar-refractivity contribution is 0.363. The van der Waals surface area contributed by atoms with E-state index in [9.17, 15) is 0 Å². The highest BCUT2D eigenvalue weighted by Gasteiger charge is 2.16. The third-order valence-electron chi connectivity index (χ3n) is 2.93. The van der Waals surface area contributed by atoms with E-state index < -0.39 is 0 Å². The summed E-state index contributed by atoms with van der Waals surface area (Å²) < 4.78 is 7.10. The number of imidazole rings is 1. The lowest BCUT2D eigenvalue weighted by Gasteiger charge is -2.07. The largest absolute Gasteiger partial charge is 0.468 e. The van der Waals surface area contributed by atoms with Gasteiger partial charge in [0.05, 0.1) is 13.7 Å². The second-order valence-corrected chi connectivity index (χ2v) is 4.56. The zero-order valence-corrected chi connectivity index (χ0v) is 11.5. The Morgan fingerprint density at radius 2 is 1.95 bits per heavy atom. The molecule has 0 aliphatic rings. The van der Waals surface area contributed by atoms with Crippen molar-refractivity contribution in [1.29, 1.82) is 0 Å². The van der Waals surface area contributed by atoms with Gasteiger partial charge in [0.1, 0.15) is 0 Å². The summed E-state index contributed by atoms with van der Waals surface area (Å²) in [7, 11) is 1.55. The Labute approximate surface area is 120 Å². The van der Waals surface area contributed by atoms with Crippen LogP contribution in [0.2, 0.25) is 5.28 Å². The first-order valence-corrected chi connectivity index (χ1v) is 6.34. The van der Waals surface area contributed by atoms with Crippen LogP contribution in [0.15, 0.2) is 30.3 Å². The van der Waals surface area contributed by atoms with Crippen molar-refractivity contribution in [1.82, 2.24) is 19.5 Å². The molecule has 0 spiro atoms. The molecule has 6 nitrogen and oxygen atoms in total. The molecule has 102 valence electrons. The zero-order valence-electron chi connectivity index (χ0n) is 10.7. The van der Waals surface area contributed by atoms with Crippen molar-refractivity contribution in [3.63, 3.8) is 0 Å². The Balaban J connectivity index is 2.17. The van der Waals surface area contributed by atoms with Crippen LogP contribution in [0, 0.1) is 0 Å². The van der Waals surface area contributed by atoms with Crippen molar-refractivity contribution in [2.75, 3.05) is 12.8 Å². The number of methoxy groups -OCH3 is 1. The average Bonchev–Trinajstić information content (AvgIpc) is 2.78. The number of fused-ring (bicyclic) bond motifs is 1. The van der Waals surface area contributed by atoms with Gasteiger partial charge in [0.25, 0.3) is 6.01 Å². The first kappa shape index (κ1) is 12.7. The average molecular weight is 290 g/mol. The van der Waals surface area contributed by atoms with Crippen LogP contribution in [0.4, 0.5) is 5.82 Å². The van der Waals surface area contributed by atoms with E-state index in [1.807, 2.05) is 34.9 Å². The van der Waals surface area contributed by atoms with Crippen LogP contribution < -0.4 is 10.5 Å². The van der Waals surface area contributed by atoms with Crippen LogP contribution in [0.1, 0.15) is 5.56 Å². The second kappa shape index (κ2) is 4.97. The van der Waals surface area contributed by atoms with Gasteiger partial charge < -0.3 is 10.5 Å². The summed E-state index contributed by atoms with van der Waals surface area (Å²) in [5.41, 5.74) is 7.96. The van der Waals surface area contributed by atoms with E-state index in [1.165, 1.54) is 0 Å². The van der Waals surface area contributed by atoms with Crippen molar-refractivity contribution < 1.29 is 4.74 Å². The molecule has 0 radical (unpaired) electrons. The Hall–Kier alpha value is -2.34. The van der Waals surface area contributed by atoms with Crippen LogP contribution in [-0.2, 0) is 6.54 Å².